The lowest BCUT2D eigenvalue weighted by atomic mass is 9.99. The van der Waals surface area contributed by atoms with Crippen molar-refractivity contribution in [2.75, 3.05) is 6.61 Å². The molecule has 7 heteroatoms. The first-order chi connectivity index (χ1) is 11.0. The van der Waals surface area contributed by atoms with Gasteiger partial charge in [-0.05, 0) is 6.42 Å². The summed E-state index contributed by atoms with van der Waals surface area (Å²) < 4.78 is 10.1. The molecule has 0 aliphatic carbocycles. The van der Waals surface area contributed by atoms with Gasteiger partial charge in [0.2, 0.25) is 6.29 Å². The maximum Gasteiger partial charge on any atom is 0.308 e. The van der Waals surface area contributed by atoms with Gasteiger partial charge in [0.1, 0.15) is 24.4 Å². The molecule has 0 saturated carbocycles. The topological polar surface area (TPSA) is 116 Å². The van der Waals surface area contributed by atoms with E-state index in [-0.39, 0.29) is 6.42 Å². The Morgan fingerprint density at radius 1 is 0.957 bits per heavy atom. The minimum atomic E-state index is -1.54. The molecule has 23 heavy (non-hydrogen) atoms. The van der Waals surface area contributed by atoms with E-state index in [0.29, 0.717) is 6.42 Å². The van der Waals surface area contributed by atoms with E-state index >= 15 is 0 Å². The molecule has 1 heterocycles. The Kier molecular flexibility index (Phi) is 9.66. The number of aliphatic hydroxyl groups excluding tert-OH is 4. The van der Waals surface area contributed by atoms with Crippen LogP contribution in [0.15, 0.2) is 0 Å². The van der Waals surface area contributed by atoms with Crippen LogP contribution in [0.25, 0.3) is 0 Å². The van der Waals surface area contributed by atoms with Crippen LogP contribution in [0.3, 0.4) is 0 Å². The monoisotopic (exact) mass is 334 g/mol. The summed E-state index contributed by atoms with van der Waals surface area (Å²) in [5.41, 5.74) is 0. The zero-order chi connectivity index (χ0) is 17.2. The molecule has 0 aromatic rings. The van der Waals surface area contributed by atoms with Gasteiger partial charge in [0.25, 0.3) is 0 Å². The highest BCUT2D eigenvalue weighted by molar-refractivity contribution is 5.69. The van der Waals surface area contributed by atoms with Crippen LogP contribution in [0.1, 0.15) is 58.3 Å². The highest BCUT2D eigenvalue weighted by atomic mass is 16.7. The molecule has 4 N–H and O–H groups in total. The Morgan fingerprint density at radius 3 is 2.17 bits per heavy atom. The molecule has 5 atom stereocenters. The molecule has 136 valence electrons. The van der Waals surface area contributed by atoms with E-state index in [4.69, 9.17) is 14.6 Å². The lowest BCUT2D eigenvalue weighted by Gasteiger charge is -2.39. The van der Waals surface area contributed by atoms with Gasteiger partial charge in [-0.1, -0.05) is 45.4 Å². The van der Waals surface area contributed by atoms with Gasteiger partial charge < -0.3 is 29.9 Å². The van der Waals surface area contributed by atoms with Crippen molar-refractivity contribution in [2.24, 2.45) is 0 Å². The number of hydrogen-bond donors (Lipinski definition) is 4. The second kappa shape index (κ2) is 10.9. The number of hydrogen-bond acceptors (Lipinski definition) is 7. The predicted molar refractivity (Wildman–Crippen MR) is 82.5 cm³/mol. The van der Waals surface area contributed by atoms with Crippen molar-refractivity contribution in [3.63, 3.8) is 0 Å². The van der Waals surface area contributed by atoms with Crippen molar-refractivity contribution in [3.8, 4) is 0 Å². The van der Waals surface area contributed by atoms with E-state index in [9.17, 15) is 20.1 Å². The number of rotatable bonds is 10. The van der Waals surface area contributed by atoms with Gasteiger partial charge in [0.05, 0.1) is 6.61 Å². The molecule has 1 rings (SSSR count). The van der Waals surface area contributed by atoms with Crippen LogP contribution in [0.5, 0.6) is 0 Å². The summed E-state index contributed by atoms with van der Waals surface area (Å²) in [7, 11) is 0. The van der Waals surface area contributed by atoms with Gasteiger partial charge in [-0.15, -0.1) is 0 Å². The first-order valence-corrected chi connectivity index (χ1v) is 8.51. The zero-order valence-electron chi connectivity index (χ0n) is 13.8. The number of aliphatic hydroxyl groups is 4. The average molecular weight is 334 g/mol. The third kappa shape index (κ3) is 6.73. The third-order valence-corrected chi connectivity index (χ3v) is 4.08. The van der Waals surface area contributed by atoms with Crippen LogP contribution in [-0.4, -0.2) is 63.7 Å². The number of ether oxygens (including phenoxy) is 2. The van der Waals surface area contributed by atoms with Crippen molar-refractivity contribution in [2.45, 2.75) is 89.0 Å². The molecule has 1 aliphatic heterocycles. The Labute approximate surface area is 137 Å². The Hall–Kier alpha value is -0.730. The first-order valence-electron chi connectivity index (χ1n) is 8.51. The smallest absolute Gasteiger partial charge is 0.308 e. The SMILES string of the molecule is CCCCCCCCCC(=O)OC1O[C@H](CO)[C@@H](O)[C@H](O)[C@H]1O. The summed E-state index contributed by atoms with van der Waals surface area (Å²) in [6.07, 6.45) is 0.779. The van der Waals surface area contributed by atoms with Gasteiger partial charge in [-0.3, -0.25) is 4.79 Å². The quantitative estimate of drug-likeness (QED) is 0.339. The van der Waals surface area contributed by atoms with Crippen LogP contribution >= 0.6 is 0 Å². The summed E-state index contributed by atoms with van der Waals surface area (Å²) in [6, 6.07) is 0. The minimum Gasteiger partial charge on any atom is -0.433 e. The average Bonchev–Trinajstić information content (AvgIpc) is 2.54. The Morgan fingerprint density at radius 2 is 1.57 bits per heavy atom. The molecular weight excluding hydrogens is 304 g/mol. The lowest BCUT2D eigenvalue weighted by Crippen LogP contribution is -2.59. The summed E-state index contributed by atoms with van der Waals surface area (Å²) in [5, 5.41) is 38.1. The van der Waals surface area contributed by atoms with Crippen molar-refractivity contribution in [1.29, 1.82) is 0 Å². The standard InChI is InChI=1S/C16H30O7/c1-2-3-4-5-6-7-8-9-12(18)23-16-15(21)14(20)13(19)11(10-17)22-16/h11,13-17,19-21H,2-10H2,1H3/t11-,13-,14+,15-,16?/m1/s1. The fraction of sp³-hybridized carbons (Fsp3) is 0.938. The molecule has 1 fully saturated rings. The number of unbranched alkanes of at least 4 members (excludes halogenated alkanes) is 6. The number of carbonyl (C=O) groups excluding carboxylic acids is 1. The summed E-state index contributed by atoms with van der Waals surface area (Å²) in [4.78, 5) is 11.8. The number of esters is 1. The van der Waals surface area contributed by atoms with Crippen molar-refractivity contribution in [3.05, 3.63) is 0 Å². The minimum absolute atomic E-state index is 0.211. The molecule has 1 aliphatic rings. The zero-order valence-corrected chi connectivity index (χ0v) is 13.8. The maximum absolute atomic E-state index is 11.8. The van der Waals surface area contributed by atoms with Crippen LogP contribution in [0.4, 0.5) is 0 Å². The van der Waals surface area contributed by atoms with Crippen LogP contribution in [0, 0.1) is 0 Å². The largest absolute Gasteiger partial charge is 0.433 e. The van der Waals surface area contributed by atoms with Crippen LogP contribution in [0.2, 0.25) is 0 Å². The van der Waals surface area contributed by atoms with Gasteiger partial charge in [-0.25, -0.2) is 0 Å². The molecule has 0 spiro atoms. The van der Waals surface area contributed by atoms with E-state index in [1.807, 2.05) is 0 Å². The lowest BCUT2D eigenvalue weighted by molar-refractivity contribution is -0.292. The molecule has 1 unspecified atom stereocenters. The fourth-order valence-corrected chi connectivity index (χ4v) is 2.58. The molecule has 0 aromatic heterocycles. The second-order valence-electron chi connectivity index (χ2n) is 6.06. The van der Waals surface area contributed by atoms with E-state index < -0.39 is 43.3 Å². The third-order valence-electron chi connectivity index (χ3n) is 4.08. The maximum atomic E-state index is 11.8. The molecule has 0 aromatic carbocycles. The van der Waals surface area contributed by atoms with Gasteiger partial charge in [0.15, 0.2) is 0 Å². The molecule has 0 radical (unpaired) electrons. The van der Waals surface area contributed by atoms with Crippen LogP contribution in [-0.2, 0) is 14.3 Å². The summed E-state index contributed by atoms with van der Waals surface area (Å²) >= 11 is 0. The summed E-state index contributed by atoms with van der Waals surface area (Å²) in [6.45, 7) is 1.62. The number of carbonyl (C=O) groups is 1. The van der Waals surface area contributed by atoms with Crippen molar-refractivity contribution >= 4 is 5.97 Å². The Balaban J connectivity index is 2.25. The molecular formula is C16H30O7. The molecule has 0 bridgehead atoms. The summed E-state index contributed by atoms with van der Waals surface area (Å²) in [5.74, 6) is -0.525. The normalized spacial score (nSPS) is 31.1. The van der Waals surface area contributed by atoms with E-state index in [0.717, 1.165) is 19.3 Å². The predicted octanol–water partition coefficient (Wildman–Crippen LogP) is 0.470. The van der Waals surface area contributed by atoms with E-state index in [1.54, 1.807) is 0 Å². The highest BCUT2D eigenvalue weighted by Gasteiger charge is 2.45. The van der Waals surface area contributed by atoms with E-state index in [2.05, 4.69) is 6.92 Å². The van der Waals surface area contributed by atoms with Gasteiger partial charge in [-0.2, -0.15) is 0 Å². The van der Waals surface area contributed by atoms with E-state index in [1.165, 1.54) is 19.3 Å². The fourth-order valence-electron chi connectivity index (χ4n) is 2.58. The highest BCUT2D eigenvalue weighted by Crippen LogP contribution is 2.22. The Bertz CT molecular complexity index is 334. The molecule has 1 saturated heterocycles. The second-order valence-corrected chi connectivity index (χ2v) is 6.06. The first kappa shape index (κ1) is 20.3. The van der Waals surface area contributed by atoms with Crippen molar-refractivity contribution < 1.29 is 34.7 Å². The van der Waals surface area contributed by atoms with Gasteiger partial charge in [0, 0.05) is 6.42 Å². The van der Waals surface area contributed by atoms with Crippen LogP contribution < -0.4 is 0 Å². The van der Waals surface area contributed by atoms with Gasteiger partial charge >= 0.3 is 5.97 Å². The van der Waals surface area contributed by atoms with Crippen molar-refractivity contribution in [1.82, 2.24) is 0 Å². The molecule has 0 amide bonds. The molecule has 7 nitrogen and oxygen atoms in total.